The highest BCUT2D eigenvalue weighted by atomic mass is 16.5. The lowest BCUT2D eigenvalue weighted by atomic mass is 10.00. The molecule has 0 amide bonds. The smallest absolute Gasteiger partial charge is 0.313 e. The van der Waals surface area contributed by atoms with E-state index in [1.807, 2.05) is 45.0 Å². The van der Waals surface area contributed by atoms with E-state index in [9.17, 15) is 4.79 Å². The van der Waals surface area contributed by atoms with Gasteiger partial charge in [-0.05, 0) is 26.3 Å². The minimum Gasteiger partial charge on any atom is -0.466 e. The van der Waals surface area contributed by atoms with Crippen molar-refractivity contribution in [2.24, 2.45) is 0 Å². The number of carbonyl (C=O) groups is 1. The number of esters is 1. The fraction of sp³-hybridized carbons (Fsp3) is 0.417. The molecule has 0 aliphatic carbocycles. The third kappa shape index (κ3) is 2.59. The average Bonchev–Trinajstić information content (AvgIpc) is 2.17. The Morgan fingerprint density at radius 3 is 2.79 bits per heavy atom. The van der Waals surface area contributed by atoms with Crippen LogP contribution in [0.1, 0.15) is 30.9 Å². The summed E-state index contributed by atoms with van der Waals surface area (Å²) in [4.78, 5) is 11.4. The molecular weight excluding hydrogens is 176 g/mol. The number of rotatable bonds is 3. The summed E-state index contributed by atoms with van der Waals surface area (Å²) in [5.41, 5.74) is 2.18. The highest BCUT2D eigenvalue weighted by Crippen LogP contribution is 2.17. The molecule has 0 aromatic heterocycles. The van der Waals surface area contributed by atoms with Crippen molar-refractivity contribution in [3.8, 4) is 0 Å². The minimum absolute atomic E-state index is 0.155. The second kappa shape index (κ2) is 4.80. The van der Waals surface area contributed by atoms with Crippen LogP contribution < -0.4 is 0 Å². The molecule has 76 valence electrons. The quantitative estimate of drug-likeness (QED) is 0.688. The molecule has 0 saturated heterocycles. The zero-order valence-electron chi connectivity index (χ0n) is 8.91. The van der Waals surface area contributed by atoms with Crippen LogP contribution in [0.5, 0.6) is 0 Å². The first-order chi connectivity index (χ1) is 6.65. The lowest BCUT2D eigenvalue weighted by molar-refractivity contribution is -0.144. The third-order valence-electron chi connectivity index (χ3n) is 2.18. The maximum absolute atomic E-state index is 11.4. The van der Waals surface area contributed by atoms with Crippen LogP contribution in [0.3, 0.4) is 0 Å². The van der Waals surface area contributed by atoms with Crippen molar-refractivity contribution < 1.29 is 9.53 Å². The Kier molecular flexibility index (Phi) is 3.69. The standard InChI is InChI=1S/C12H16O2/c1-4-14-12(13)10(3)11-7-5-6-9(2)8-11/h5-8,10H,4H2,1-3H3. The monoisotopic (exact) mass is 192 g/mol. The second-order valence-electron chi connectivity index (χ2n) is 3.39. The van der Waals surface area contributed by atoms with Crippen LogP contribution in [0.2, 0.25) is 0 Å². The van der Waals surface area contributed by atoms with Gasteiger partial charge in [-0.1, -0.05) is 29.8 Å². The predicted molar refractivity (Wildman–Crippen MR) is 56.2 cm³/mol. The second-order valence-corrected chi connectivity index (χ2v) is 3.39. The van der Waals surface area contributed by atoms with Gasteiger partial charge in [0, 0.05) is 0 Å². The van der Waals surface area contributed by atoms with Gasteiger partial charge in [0.15, 0.2) is 0 Å². The van der Waals surface area contributed by atoms with Crippen LogP contribution >= 0.6 is 0 Å². The van der Waals surface area contributed by atoms with Gasteiger partial charge in [0.05, 0.1) is 12.5 Å². The van der Waals surface area contributed by atoms with E-state index in [1.54, 1.807) is 0 Å². The molecule has 14 heavy (non-hydrogen) atoms. The van der Waals surface area contributed by atoms with Crippen molar-refractivity contribution in [1.29, 1.82) is 0 Å². The van der Waals surface area contributed by atoms with Gasteiger partial charge >= 0.3 is 5.97 Å². The molecule has 1 rings (SSSR count). The van der Waals surface area contributed by atoms with Crippen molar-refractivity contribution in [2.75, 3.05) is 6.61 Å². The highest BCUT2D eigenvalue weighted by molar-refractivity contribution is 5.77. The lowest BCUT2D eigenvalue weighted by Crippen LogP contribution is -2.12. The Labute approximate surface area is 84.9 Å². The van der Waals surface area contributed by atoms with Crippen LogP contribution in [-0.2, 0) is 9.53 Å². The van der Waals surface area contributed by atoms with Gasteiger partial charge in [0.1, 0.15) is 0 Å². The fourth-order valence-electron chi connectivity index (χ4n) is 1.34. The number of hydrogen-bond donors (Lipinski definition) is 0. The first-order valence-corrected chi connectivity index (χ1v) is 4.88. The summed E-state index contributed by atoms with van der Waals surface area (Å²) < 4.78 is 4.96. The van der Waals surface area contributed by atoms with Crippen molar-refractivity contribution >= 4 is 5.97 Å². The Morgan fingerprint density at radius 2 is 2.21 bits per heavy atom. The lowest BCUT2D eigenvalue weighted by Gasteiger charge is -2.10. The zero-order valence-corrected chi connectivity index (χ0v) is 8.91. The molecular formula is C12H16O2. The van der Waals surface area contributed by atoms with E-state index < -0.39 is 0 Å². The van der Waals surface area contributed by atoms with E-state index in [1.165, 1.54) is 5.56 Å². The average molecular weight is 192 g/mol. The Morgan fingerprint density at radius 1 is 1.50 bits per heavy atom. The molecule has 0 radical (unpaired) electrons. The Hall–Kier alpha value is -1.31. The molecule has 0 aliphatic rings. The van der Waals surface area contributed by atoms with Crippen LogP contribution in [0.4, 0.5) is 0 Å². The summed E-state index contributed by atoms with van der Waals surface area (Å²) in [5, 5.41) is 0. The molecule has 2 heteroatoms. The van der Waals surface area contributed by atoms with Gasteiger partial charge in [0.2, 0.25) is 0 Å². The van der Waals surface area contributed by atoms with Crippen molar-refractivity contribution in [1.82, 2.24) is 0 Å². The summed E-state index contributed by atoms with van der Waals surface area (Å²) in [6.07, 6.45) is 0. The number of hydrogen-bond acceptors (Lipinski definition) is 2. The molecule has 1 unspecified atom stereocenters. The van der Waals surface area contributed by atoms with Gasteiger partial charge in [-0.3, -0.25) is 4.79 Å². The van der Waals surface area contributed by atoms with E-state index in [4.69, 9.17) is 4.74 Å². The van der Waals surface area contributed by atoms with Gasteiger partial charge in [-0.25, -0.2) is 0 Å². The predicted octanol–water partition coefficient (Wildman–Crippen LogP) is 2.66. The SMILES string of the molecule is CCOC(=O)C(C)c1cccc(C)c1. The minimum atomic E-state index is -0.171. The molecule has 0 saturated carbocycles. The van der Waals surface area contributed by atoms with Gasteiger partial charge in [-0.2, -0.15) is 0 Å². The van der Waals surface area contributed by atoms with Crippen LogP contribution in [0, 0.1) is 6.92 Å². The molecule has 0 N–H and O–H groups in total. The summed E-state index contributed by atoms with van der Waals surface area (Å²) >= 11 is 0. The molecule has 0 heterocycles. The highest BCUT2D eigenvalue weighted by Gasteiger charge is 2.15. The molecule has 1 atom stereocenters. The third-order valence-corrected chi connectivity index (χ3v) is 2.18. The fourth-order valence-corrected chi connectivity index (χ4v) is 1.34. The summed E-state index contributed by atoms with van der Waals surface area (Å²) in [6.45, 7) is 6.14. The van der Waals surface area contributed by atoms with Gasteiger partial charge < -0.3 is 4.74 Å². The van der Waals surface area contributed by atoms with E-state index >= 15 is 0 Å². The number of benzene rings is 1. The molecule has 0 spiro atoms. The molecule has 1 aromatic carbocycles. The molecule has 1 aromatic rings. The summed E-state index contributed by atoms with van der Waals surface area (Å²) in [5.74, 6) is -0.326. The van der Waals surface area contributed by atoms with E-state index in [-0.39, 0.29) is 11.9 Å². The molecule has 2 nitrogen and oxygen atoms in total. The van der Waals surface area contributed by atoms with E-state index in [2.05, 4.69) is 0 Å². The Balaban J connectivity index is 2.78. The first-order valence-electron chi connectivity index (χ1n) is 4.88. The largest absolute Gasteiger partial charge is 0.466 e. The maximum atomic E-state index is 11.4. The zero-order chi connectivity index (χ0) is 10.6. The van der Waals surface area contributed by atoms with Gasteiger partial charge in [0.25, 0.3) is 0 Å². The van der Waals surface area contributed by atoms with E-state index in [0.717, 1.165) is 5.56 Å². The van der Waals surface area contributed by atoms with Crippen LogP contribution in [0.25, 0.3) is 0 Å². The van der Waals surface area contributed by atoms with Crippen molar-refractivity contribution in [2.45, 2.75) is 26.7 Å². The van der Waals surface area contributed by atoms with Crippen molar-refractivity contribution in [3.63, 3.8) is 0 Å². The topological polar surface area (TPSA) is 26.3 Å². The van der Waals surface area contributed by atoms with Gasteiger partial charge in [-0.15, -0.1) is 0 Å². The molecule has 0 aliphatic heterocycles. The number of aryl methyl sites for hydroxylation is 1. The van der Waals surface area contributed by atoms with Crippen LogP contribution in [-0.4, -0.2) is 12.6 Å². The summed E-state index contributed by atoms with van der Waals surface area (Å²) in [6, 6.07) is 7.94. The Bertz CT molecular complexity index is 318. The number of carbonyl (C=O) groups excluding carboxylic acids is 1. The number of ether oxygens (including phenoxy) is 1. The van der Waals surface area contributed by atoms with Crippen LogP contribution in [0.15, 0.2) is 24.3 Å². The maximum Gasteiger partial charge on any atom is 0.313 e. The molecule has 0 bridgehead atoms. The molecule has 0 fully saturated rings. The first kappa shape index (κ1) is 10.8. The van der Waals surface area contributed by atoms with E-state index in [0.29, 0.717) is 6.61 Å². The summed E-state index contributed by atoms with van der Waals surface area (Å²) in [7, 11) is 0. The van der Waals surface area contributed by atoms with Crippen molar-refractivity contribution in [3.05, 3.63) is 35.4 Å². The normalized spacial score (nSPS) is 12.2.